The van der Waals surface area contributed by atoms with Gasteiger partial charge in [-0.15, -0.1) is 11.8 Å². The van der Waals surface area contributed by atoms with Crippen molar-refractivity contribution in [2.24, 2.45) is 0 Å². The topological polar surface area (TPSA) is 144 Å². The molecule has 1 unspecified atom stereocenters. The highest BCUT2D eigenvalue weighted by atomic mass is 32.2. The molecule has 244 valence electrons. The lowest BCUT2D eigenvalue weighted by Crippen LogP contribution is -2.33. The predicted molar refractivity (Wildman–Crippen MR) is 177 cm³/mol. The maximum atomic E-state index is 12.7. The fourth-order valence-electron chi connectivity index (χ4n) is 4.82. The highest BCUT2D eigenvalue weighted by molar-refractivity contribution is 8.00. The molecule has 2 amide bonds. The first-order chi connectivity index (χ1) is 22.1. The summed E-state index contributed by atoms with van der Waals surface area (Å²) >= 11 is 1.44. The Morgan fingerprint density at radius 1 is 1.04 bits per heavy atom. The van der Waals surface area contributed by atoms with Gasteiger partial charge in [0.2, 0.25) is 10.0 Å². The maximum absolute atomic E-state index is 12.7. The average Bonchev–Trinajstić information content (AvgIpc) is 3.03. The van der Waals surface area contributed by atoms with Crippen molar-refractivity contribution < 1.29 is 32.2 Å². The van der Waals surface area contributed by atoms with Crippen LogP contribution < -0.4 is 10.0 Å². The molecule has 3 aromatic rings. The summed E-state index contributed by atoms with van der Waals surface area (Å²) in [6, 6.07) is 24.3. The van der Waals surface area contributed by atoms with Gasteiger partial charge in [0.15, 0.2) is 12.0 Å². The van der Waals surface area contributed by atoms with Crippen molar-refractivity contribution in [1.29, 1.82) is 5.26 Å². The number of alkyl carbamates (subject to hydrolysis) is 1. The Kier molecular flexibility index (Phi) is 13.0. The number of sulfonamides is 1. The summed E-state index contributed by atoms with van der Waals surface area (Å²) in [6.45, 7) is 5.08. The van der Waals surface area contributed by atoms with Gasteiger partial charge >= 0.3 is 6.09 Å². The first-order valence-corrected chi connectivity index (χ1v) is 17.7. The van der Waals surface area contributed by atoms with E-state index in [9.17, 15) is 18.0 Å². The molecule has 1 heterocycles. The van der Waals surface area contributed by atoms with Crippen molar-refractivity contribution in [3.8, 4) is 17.2 Å². The number of nitrogens with zero attached hydrogens (tertiary/aromatic N) is 1. The zero-order chi connectivity index (χ0) is 32.9. The fraction of sp³-hybridized carbons (Fsp3) is 0.382. The minimum absolute atomic E-state index is 0.139. The van der Waals surface area contributed by atoms with Crippen LogP contribution in [-0.2, 0) is 30.7 Å². The number of hydrogen-bond acceptors (Lipinski definition) is 9. The lowest BCUT2D eigenvalue weighted by atomic mass is 10.0. The summed E-state index contributed by atoms with van der Waals surface area (Å²) in [5.74, 6) is -1.57. The summed E-state index contributed by atoms with van der Waals surface area (Å²) in [5.41, 5.74) is 3.92. The van der Waals surface area contributed by atoms with Crippen LogP contribution in [0.4, 0.5) is 4.79 Å². The second-order valence-electron chi connectivity index (χ2n) is 11.0. The molecule has 0 bridgehead atoms. The van der Waals surface area contributed by atoms with Gasteiger partial charge in [0, 0.05) is 23.2 Å². The van der Waals surface area contributed by atoms with E-state index < -0.39 is 27.8 Å². The predicted octanol–water partition coefficient (Wildman–Crippen LogP) is 5.99. The van der Waals surface area contributed by atoms with Gasteiger partial charge in [-0.05, 0) is 53.6 Å². The summed E-state index contributed by atoms with van der Waals surface area (Å²) < 4.78 is 43.2. The van der Waals surface area contributed by atoms with Gasteiger partial charge in [-0.3, -0.25) is 4.79 Å². The molecule has 0 aromatic heterocycles. The molecule has 1 aliphatic rings. The van der Waals surface area contributed by atoms with E-state index in [2.05, 4.69) is 5.32 Å². The Morgan fingerprint density at radius 3 is 2.46 bits per heavy atom. The molecule has 10 nitrogen and oxygen atoms in total. The second kappa shape index (κ2) is 17.1. The van der Waals surface area contributed by atoms with E-state index >= 15 is 0 Å². The quantitative estimate of drug-likeness (QED) is 0.199. The van der Waals surface area contributed by atoms with Crippen LogP contribution in [0, 0.1) is 11.3 Å². The summed E-state index contributed by atoms with van der Waals surface area (Å²) in [4.78, 5) is 25.9. The number of amides is 2. The Balaban J connectivity index is 1.31. The largest absolute Gasteiger partial charge is 0.449 e. The monoisotopic (exact) mass is 665 g/mol. The highest BCUT2D eigenvalue weighted by Gasteiger charge is 2.22. The van der Waals surface area contributed by atoms with Crippen molar-refractivity contribution in [3.05, 3.63) is 89.5 Å². The minimum atomic E-state index is -4.04. The third-order valence-electron chi connectivity index (χ3n) is 7.06. The lowest BCUT2D eigenvalue weighted by molar-refractivity contribution is -0.188. The van der Waals surface area contributed by atoms with E-state index in [1.54, 1.807) is 18.2 Å². The molecule has 1 saturated heterocycles. The molecule has 0 saturated carbocycles. The number of carbonyl (C=O) groups is 2. The van der Waals surface area contributed by atoms with Crippen LogP contribution in [-0.4, -0.2) is 57.5 Å². The molecule has 12 heteroatoms. The van der Waals surface area contributed by atoms with Crippen LogP contribution in [0.15, 0.2) is 77.7 Å². The number of hydrogen-bond donors (Lipinski definition) is 2. The smallest absolute Gasteiger partial charge is 0.407 e. The average molecular weight is 666 g/mol. The van der Waals surface area contributed by atoms with E-state index in [0.717, 1.165) is 41.5 Å². The van der Waals surface area contributed by atoms with Gasteiger partial charge in [0.1, 0.15) is 6.10 Å². The molecule has 2 N–H and O–H groups in total. The normalized spacial score (nSPS) is 15.5. The molecule has 0 spiro atoms. The Hall–Kier alpha value is -3.89. The van der Waals surface area contributed by atoms with Crippen molar-refractivity contribution in [1.82, 2.24) is 10.0 Å². The number of thioether (sulfide) groups is 1. The number of nitrogens with one attached hydrogen (secondary N) is 2. The van der Waals surface area contributed by atoms with Crippen LogP contribution in [0.5, 0.6) is 0 Å². The van der Waals surface area contributed by atoms with Crippen LogP contribution in [0.3, 0.4) is 0 Å². The minimum Gasteiger partial charge on any atom is -0.449 e. The number of nitriles is 1. The first-order valence-electron chi connectivity index (χ1n) is 15.2. The van der Waals surface area contributed by atoms with Crippen molar-refractivity contribution in [3.63, 3.8) is 0 Å². The zero-order valence-corrected chi connectivity index (χ0v) is 27.6. The van der Waals surface area contributed by atoms with Gasteiger partial charge in [0.05, 0.1) is 24.8 Å². The molecular weight excluding hydrogens is 627 g/mol. The van der Waals surface area contributed by atoms with Crippen LogP contribution in [0.1, 0.15) is 60.7 Å². The highest BCUT2D eigenvalue weighted by Crippen LogP contribution is 2.32. The lowest BCUT2D eigenvalue weighted by Gasteiger charge is -2.28. The van der Waals surface area contributed by atoms with Crippen LogP contribution in [0.2, 0.25) is 0 Å². The standard InChI is InChI=1S/C34H39N3O7S2/c1-24(2)45-31-22-28(15-16-29(31)33(38)37-46(40,41)21-18-35)26-13-11-25(12-14-26)17-20-43-34(39)36-23-30(27-8-4-3-5-9-27)44-32-10-6-7-19-42-32/h3-5,8-9,11-16,22,24,30,32H,6-7,10,17,19-21,23H2,1-2H3,(H,36,39)(H,37,38)/t30-,32?/m0/s1. The van der Waals surface area contributed by atoms with Crippen molar-refractivity contribution in [2.75, 3.05) is 25.5 Å². The summed E-state index contributed by atoms with van der Waals surface area (Å²) in [7, 11) is -4.04. The van der Waals surface area contributed by atoms with Crippen LogP contribution in [0.25, 0.3) is 11.1 Å². The summed E-state index contributed by atoms with van der Waals surface area (Å²) in [5, 5.41) is 11.7. The van der Waals surface area contributed by atoms with Gasteiger partial charge in [0.25, 0.3) is 5.91 Å². The molecular formula is C34H39N3O7S2. The number of ether oxygens (including phenoxy) is 3. The number of carbonyl (C=O) groups excluding carboxylic acids is 2. The van der Waals surface area contributed by atoms with Crippen molar-refractivity contribution in [2.45, 2.75) is 62.1 Å². The Labute approximate surface area is 274 Å². The SMILES string of the molecule is CC(C)Sc1cc(-c2ccc(CCOC(=O)NC[C@H](OC3CCCCO3)c3ccccc3)cc2)ccc1C(=O)NS(=O)(=O)CC#N. The Morgan fingerprint density at radius 2 is 1.78 bits per heavy atom. The van der Waals surface area contributed by atoms with E-state index in [1.165, 1.54) is 11.8 Å². The van der Waals surface area contributed by atoms with Crippen molar-refractivity contribution >= 4 is 33.8 Å². The molecule has 0 radical (unpaired) electrons. The van der Waals surface area contributed by atoms with E-state index in [4.69, 9.17) is 19.5 Å². The molecule has 0 aliphatic carbocycles. The summed E-state index contributed by atoms with van der Waals surface area (Å²) in [6.07, 6.45) is 2.24. The van der Waals surface area contributed by atoms with Crippen LogP contribution >= 0.6 is 11.8 Å². The third-order valence-corrected chi connectivity index (χ3v) is 9.13. The first kappa shape index (κ1) is 35.0. The van der Waals surface area contributed by atoms with Gasteiger partial charge in [-0.2, -0.15) is 5.26 Å². The van der Waals surface area contributed by atoms with Gasteiger partial charge in [-0.1, -0.05) is 74.5 Å². The van der Waals surface area contributed by atoms with E-state index in [0.29, 0.717) is 17.9 Å². The van der Waals surface area contributed by atoms with Gasteiger partial charge in [-0.25, -0.2) is 17.9 Å². The maximum Gasteiger partial charge on any atom is 0.407 e. The fourth-order valence-corrected chi connectivity index (χ4v) is 6.45. The number of rotatable bonds is 14. The van der Waals surface area contributed by atoms with Gasteiger partial charge < -0.3 is 19.5 Å². The molecule has 1 aliphatic heterocycles. The molecule has 1 fully saturated rings. The number of benzene rings is 3. The molecule has 2 atom stereocenters. The molecule has 4 rings (SSSR count). The third kappa shape index (κ3) is 10.9. The molecule has 3 aromatic carbocycles. The van der Waals surface area contributed by atoms with E-state index in [1.807, 2.05) is 79.2 Å². The molecule has 46 heavy (non-hydrogen) atoms. The Bertz CT molecular complexity index is 1600. The second-order valence-corrected chi connectivity index (χ2v) is 14.4. The zero-order valence-electron chi connectivity index (χ0n) is 25.9. The van der Waals surface area contributed by atoms with E-state index in [-0.39, 0.29) is 36.4 Å².